The highest BCUT2D eigenvalue weighted by molar-refractivity contribution is 6.29. The van der Waals surface area contributed by atoms with Crippen LogP contribution < -0.4 is 0 Å². The molecule has 1 aromatic heterocycles. The van der Waals surface area contributed by atoms with Gasteiger partial charge in [-0.05, 0) is 36.1 Å². The van der Waals surface area contributed by atoms with Crippen LogP contribution in [0.4, 0.5) is 0 Å². The Morgan fingerprint density at radius 1 is 1.10 bits per heavy atom. The zero-order chi connectivity index (χ0) is 13.9. The van der Waals surface area contributed by atoms with E-state index in [1.165, 1.54) is 11.1 Å². The van der Waals surface area contributed by atoms with Gasteiger partial charge in [-0.3, -0.25) is 4.79 Å². The van der Waals surface area contributed by atoms with Crippen LogP contribution in [-0.4, -0.2) is 22.3 Å². The number of benzene rings is 1. The first-order valence-electron chi connectivity index (χ1n) is 6.72. The van der Waals surface area contributed by atoms with Gasteiger partial charge >= 0.3 is 0 Å². The van der Waals surface area contributed by atoms with Crippen LogP contribution in [0.5, 0.6) is 0 Å². The molecule has 0 spiro atoms. The van der Waals surface area contributed by atoms with E-state index in [2.05, 4.69) is 23.2 Å². The van der Waals surface area contributed by atoms with Crippen LogP contribution in [0.3, 0.4) is 0 Å². The van der Waals surface area contributed by atoms with Crippen molar-refractivity contribution < 1.29 is 4.79 Å². The molecule has 0 bridgehead atoms. The lowest BCUT2D eigenvalue weighted by molar-refractivity contribution is 0.0740. The number of rotatable bonds is 1. The summed E-state index contributed by atoms with van der Waals surface area (Å²) in [7, 11) is 0. The molecule has 0 saturated heterocycles. The second kappa shape index (κ2) is 5.63. The largest absolute Gasteiger partial charge is 0.333 e. The summed E-state index contributed by atoms with van der Waals surface area (Å²) >= 11 is 5.86. The molecule has 0 atom stereocenters. The Morgan fingerprint density at radius 2 is 1.90 bits per heavy atom. The van der Waals surface area contributed by atoms with Gasteiger partial charge in [0.15, 0.2) is 0 Å². The molecule has 1 amide bonds. The van der Waals surface area contributed by atoms with Crippen LogP contribution in [0.15, 0.2) is 42.5 Å². The van der Waals surface area contributed by atoms with Gasteiger partial charge in [-0.15, -0.1) is 0 Å². The van der Waals surface area contributed by atoms with Crippen LogP contribution in [0, 0.1) is 0 Å². The summed E-state index contributed by atoms with van der Waals surface area (Å²) < 4.78 is 0. The van der Waals surface area contributed by atoms with Gasteiger partial charge in [0.25, 0.3) is 5.91 Å². The molecule has 0 fully saturated rings. The smallest absolute Gasteiger partial charge is 0.272 e. The maximum atomic E-state index is 12.5. The van der Waals surface area contributed by atoms with E-state index in [0.717, 1.165) is 19.4 Å². The zero-order valence-corrected chi connectivity index (χ0v) is 11.8. The molecule has 102 valence electrons. The number of aromatic nitrogens is 1. The monoisotopic (exact) mass is 286 g/mol. The number of aryl methyl sites for hydroxylation is 1. The minimum Gasteiger partial charge on any atom is -0.333 e. The third-order valence-electron chi connectivity index (χ3n) is 3.58. The molecule has 0 saturated carbocycles. The van der Waals surface area contributed by atoms with Gasteiger partial charge < -0.3 is 4.90 Å². The highest BCUT2D eigenvalue weighted by atomic mass is 35.5. The molecule has 2 heterocycles. The maximum Gasteiger partial charge on any atom is 0.272 e. The van der Waals surface area contributed by atoms with Gasteiger partial charge in [0.2, 0.25) is 0 Å². The Kier molecular flexibility index (Phi) is 3.70. The number of hydrogen-bond acceptors (Lipinski definition) is 2. The van der Waals surface area contributed by atoms with E-state index in [1.54, 1.807) is 18.2 Å². The number of hydrogen-bond donors (Lipinski definition) is 0. The second-order valence-corrected chi connectivity index (χ2v) is 5.33. The fourth-order valence-electron chi connectivity index (χ4n) is 2.56. The lowest BCUT2D eigenvalue weighted by Crippen LogP contribution is -2.31. The Balaban J connectivity index is 1.86. The summed E-state index contributed by atoms with van der Waals surface area (Å²) in [6, 6.07) is 13.4. The first-order chi connectivity index (χ1) is 9.74. The van der Waals surface area contributed by atoms with Crippen LogP contribution >= 0.6 is 11.6 Å². The van der Waals surface area contributed by atoms with Crippen LogP contribution in [0.2, 0.25) is 5.15 Å². The number of fused-ring (bicyclic) bond motifs is 1. The molecule has 2 aromatic rings. The molecule has 1 aliphatic heterocycles. The molecule has 1 aromatic carbocycles. The predicted octanol–water partition coefficient (Wildman–Crippen LogP) is 3.32. The second-order valence-electron chi connectivity index (χ2n) is 4.94. The van der Waals surface area contributed by atoms with Crippen molar-refractivity contribution in [3.63, 3.8) is 0 Å². The molecule has 0 radical (unpaired) electrons. The molecule has 0 aliphatic carbocycles. The van der Waals surface area contributed by atoms with E-state index in [4.69, 9.17) is 11.6 Å². The van der Waals surface area contributed by atoms with Crippen molar-refractivity contribution in [2.45, 2.75) is 19.4 Å². The predicted molar refractivity (Wildman–Crippen MR) is 78.8 cm³/mol. The molecule has 0 N–H and O–H groups in total. The van der Waals surface area contributed by atoms with Gasteiger partial charge in [-0.2, -0.15) is 0 Å². The lowest BCUT2D eigenvalue weighted by atomic mass is 10.0. The SMILES string of the molecule is O=C(c1cccc(Cl)n1)N1CCCc2ccccc2C1. The summed E-state index contributed by atoms with van der Waals surface area (Å²) in [6.45, 7) is 1.39. The van der Waals surface area contributed by atoms with Crippen molar-refractivity contribution in [3.8, 4) is 0 Å². The number of carbonyl (C=O) groups excluding carboxylic acids is 1. The maximum absolute atomic E-state index is 12.5. The Labute approximate surface area is 123 Å². The highest BCUT2D eigenvalue weighted by Crippen LogP contribution is 2.20. The average molecular weight is 287 g/mol. The summed E-state index contributed by atoms with van der Waals surface area (Å²) in [6.07, 6.45) is 1.99. The Morgan fingerprint density at radius 3 is 2.70 bits per heavy atom. The lowest BCUT2D eigenvalue weighted by Gasteiger charge is -2.20. The van der Waals surface area contributed by atoms with Gasteiger partial charge in [0.1, 0.15) is 10.8 Å². The number of halogens is 1. The first kappa shape index (κ1) is 13.1. The summed E-state index contributed by atoms with van der Waals surface area (Å²) in [5, 5.41) is 0.353. The quantitative estimate of drug-likeness (QED) is 0.754. The fourth-order valence-corrected chi connectivity index (χ4v) is 2.73. The standard InChI is InChI=1S/C16H15ClN2O/c17-15-9-3-8-14(18-15)16(20)19-10-4-7-12-5-1-2-6-13(12)11-19/h1-3,5-6,8-9H,4,7,10-11H2. The van der Waals surface area contributed by atoms with Crippen LogP contribution in [0.1, 0.15) is 28.0 Å². The van der Waals surface area contributed by atoms with Gasteiger partial charge in [0, 0.05) is 13.1 Å². The number of amides is 1. The van der Waals surface area contributed by atoms with Gasteiger partial charge in [-0.1, -0.05) is 41.9 Å². The average Bonchev–Trinajstić information content (AvgIpc) is 2.68. The Hall–Kier alpha value is -1.87. The van der Waals surface area contributed by atoms with E-state index in [1.807, 2.05) is 11.0 Å². The number of carbonyl (C=O) groups is 1. The summed E-state index contributed by atoms with van der Waals surface area (Å²) in [5.41, 5.74) is 2.97. The molecule has 4 heteroatoms. The van der Waals surface area contributed by atoms with Crippen LogP contribution in [0.25, 0.3) is 0 Å². The van der Waals surface area contributed by atoms with Crippen molar-refractivity contribution in [2.75, 3.05) is 6.54 Å². The van der Waals surface area contributed by atoms with Crippen molar-refractivity contribution in [2.24, 2.45) is 0 Å². The van der Waals surface area contributed by atoms with Crippen LogP contribution in [-0.2, 0) is 13.0 Å². The number of nitrogens with zero attached hydrogens (tertiary/aromatic N) is 2. The third-order valence-corrected chi connectivity index (χ3v) is 3.79. The molecule has 3 nitrogen and oxygen atoms in total. The number of pyridine rings is 1. The fraction of sp³-hybridized carbons (Fsp3) is 0.250. The highest BCUT2D eigenvalue weighted by Gasteiger charge is 2.20. The van der Waals surface area contributed by atoms with Crippen molar-refractivity contribution in [1.82, 2.24) is 9.88 Å². The molecule has 1 aliphatic rings. The van der Waals surface area contributed by atoms with E-state index >= 15 is 0 Å². The van der Waals surface area contributed by atoms with Crippen molar-refractivity contribution in [1.29, 1.82) is 0 Å². The minimum atomic E-state index is -0.0517. The van der Waals surface area contributed by atoms with E-state index in [0.29, 0.717) is 17.4 Å². The Bertz CT molecular complexity index is 642. The van der Waals surface area contributed by atoms with E-state index in [-0.39, 0.29) is 5.91 Å². The molecule has 3 rings (SSSR count). The zero-order valence-electron chi connectivity index (χ0n) is 11.1. The summed E-state index contributed by atoms with van der Waals surface area (Å²) in [4.78, 5) is 18.5. The molecular weight excluding hydrogens is 272 g/mol. The molecular formula is C16H15ClN2O. The first-order valence-corrected chi connectivity index (χ1v) is 7.10. The van der Waals surface area contributed by atoms with Gasteiger partial charge in [-0.25, -0.2) is 4.98 Å². The topological polar surface area (TPSA) is 33.2 Å². The summed E-state index contributed by atoms with van der Waals surface area (Å²) in [5.74, 6) is -0.0517. The normalized spacial score (nSPS) is 14.6. The third kappa shape index (κ3) is 2.68. The van der Waals surface area contributed by atoms with E-state index in [9.17, 15) is 4.79 Å². The van der Waals surface area contributed by atoms with Crippen molar-refractivity contribution in [3.05, 3.63) is 64.4 Å². The minimum absolute atomic E-state index is 0.0517. The van der Waals surface area contributed by atoms with E-state index < -0.39 is 0 Å². The molecule has 0 unspecified atom stereocenters. The van der Waals surface area contributed by atoms with Crippen molar-refractivity contribution >= 4 is 17.5 Å². The van der Waals surface area contributed by atoms with Gasteiger partial charge in [0.05, 0.1) is 0 Å². The molecule has 20 heavy (non-hydrogen) atoms.